The maximum atomic E-state index is 14.7. The lowest BCUT2D eigenvalue weighted by molar-refractivity contribution is -0.139. The van der Waals surface area contributed by atoms with Crippen LogP contribution in [-0.2, 0) is 4.79 Å². The predicted octanol–water partition coefficient (Wildman–Crippen LogP) is 1.01. The van der Waals surface area contributed by atoms with Crippen molar-refractivity contribution < 1.29 is 23.4 Å². The van der Waals surface area contributed by atoms with E-state index in [-0.39, 0.29) is 24.2 Å². The van der Waals surface area contributed by atoms with Crippen LogP contribution in [0.3, 0.4) is 0 Å². The van der Waals surface area contributed by atoms with Gasteiger partial charge in [0.2, 0.25) is 17.4 Å². The molecule has 7 nitrogen and oxygen atoms in total. The molecule has 2 unspecified atom stereocenters. The van der Waals surface area contributed by atoms with E-state index in [2.05, 4.69) is 9.97 Å². The highest BCUT2D eigenvalue weighted by atomic mass is 19.1. The first-order valence-electron chi connectivity index (χ1n) is 6.62. The van der Waals surface area contributed by atoms with Gasteiger partial charge in [0.25, 0.3) is 5.91 Å². The monoisotopic (exact) mass is 299 g/mol. The zero-order valence-electron chi connectivity index (χ0n) is 12.0. The lowest BCUT2D eigenvalue weighted by Gasteiger charge is -2.34. The van der Waals surface area contributed by atoms with Gasteiger partial charge in [-0.3, -0.25) is 4.79 Å². The number of amides is 1. The fourth-order valence-electron chi connectivity index (χ4n) is 2.31. The predicted molar refractivity (Wildman–Crippen MR) is 71.1 cm³/mol. The van der Waals surface area contributed by atoms with Gasteiger partial charge in [0.1, 0.15) is 6.10 Å². The van der Waals surface area contributed by atoms with Crippen LogP contribution in [0, 0.1) is 0 Å². The summed E-state index contributed by atoms with van der Waals surface area (Å²) in [7, 11) is 2.85. The third-order valence-electron chi connectivity index (χ3n) is 3.50. The topological polar surface area (TPSA) is 96.6 Å². The summed E-state index contributed by atoms with van der Waals surface area (Å²) in [6, 6.07) is 1.35. The van der Waals surface area contributed by atoms with E-state index in [1.807, 2.05) is 0 Å². The Kier molecular flexibility index (Phi) is 4.44. The Labute approximate surface area is 121 Å². The van der Waals surface area contributed by atoms with Crippen molar-refractivity contribution >= 4 is 5.91 Å². The van der Waals surface area contributed by atoms with Crippen LogP contribution in [0.15, 0.2) is 6.07 Å². The van der Waals surface area contributed by atoms with Crippen molar-refractivity contribution in [3.63, 3.8) is 0 Å². The van der Waals surface area contributed by atoms with Gasteiger partial charge in [0.05, 0.1) is 20.3 Å². The van der Waals surface area contributed by atoms with Crippen molar-refractivity contribution in [1.82, 2.24) is 9.97 Å². The number of carbonyl (C=O) groups is 1. The van der Waals surface area contributed by atoms with E-state index in [1.54, 1.807) is 0 Å². The largest absolute Gasteiger partial charge is 0.481 e. The summed E-state index contributed by atoms with van der Waals surface area (Å²) in [6.45, 7) is 0. The molecule has 1 aromatic rings. The summed E-state index contributed by atoms with van der Waals surface area (Å²) in [5.74, 6) is -0.588. The second-order valence-electron chi connectivity index (χ2n) is 4.81. The van der Waals surface area contributed by atoms with Crippen molar-refractivity contribution in [2.75, 3.05) is 14.2 Å². The van der Waals surface area contributed by atoms with Gasteiger partial charge in [-0.15, -0.1) is 0 Å². The zero-order valence-corrected chi connectivity index (χ0v) is 12.0. The van der Waals surface area contributed by atoms with E-state index < -0.39 is 17.7 Å². The number of nitrogens with zero attached hydrogens (tertiary/aromatic N) is 2. The number of methoxy groups -OCH3 is 2. The fraction of sp³-hybridized carbons (Fsp3) is 0.615. The van der Waals surface area contributed by atoms with Crippen LogP contribution in [0.1, 0.15) is 25.7 Å². The molecule has 1 aliphatic carbocycles. The molecule has 116 valence electrons. The number of halogens is 1. The van der Waals surface area contributed by atoms with Crippen molar-refractivity contribution in [2.45, 2.75) is 37.5 Å². The van der Waals surface area contributed by atoms with Crippen LogP contribution in [-0.4, -0.2) is 41.9 Å². The molecule has 0 bridgehead atoms. The first-order chi connectivity index (χ1) is 9.99. The van der Waals surface area contributed by atoms with E-state index in [4.69, 9.17) is 19.9 Å². The minimum absolute atomic E-state index is 0.0358. The molecule has 0 saturated heterocycles. The molecule has 0 aliphatic heterocycles. The fourth-order valence-corrected chi connectivity index (χ4v) is 2.31. The first-order valence-corrected chi connectivity index (χ1v) is 6.62. The SMILES string of the molecule is COc1cc(OC)nc(OC2CCCCC2(F)C(N)=O)n1. The van der Waals surface area contributed by atoms with Gasteiger partial charge < -0.3 is 19.9 Å². The van der Waals surface area contributed by atoms with Crippen LogP contribution in [0.5, 0.6) is 17.8 Å². The molecular formula is C13H18FN3O4. The van der Waals surface area contributed by atoms with Crippen LogP contribution in [0.2, 0.25) is 0 Å². The molecule has 0 aromatic carbocycles. The van der Waals surface area contributed by atoms with Gasteiger partial charge in [0.15, 0.2) is 0 Å². The molecule has 2 atom stereocenters. The summed E-state index contributed by atoms with van der Waals surface area (Å²) in [5.41, 5.74) is 2.96. The van der Waals surface area contributed by atoms with E-state index >= 15 is 0 Å². The molecule has 2 N–H and O–H groups in total. The molecule has 8 heteroatoms. The number of rotatable bonds is 5. The molecule has 2 rings (SSSR count). The van der Waals surface area contributed by atoms with Crippen LogP contribution in [0.4, 0.5) is 4.39 Å². The lowest BCUT2D eigenvalue weighted by Crippen LogP contribution is -2.53. The molecule has 1 heterocycles. The van der Waals surface area contributed by atoms with E-state index in [0.717, 1.165) is 6.42 Å². The number of nitrogens with two attached hydrogens (primary N) is 1. The molecule has 1 fully saturated rings. The molecule has 0 spiro atoms. The van der Waals surface area contributed by atoms with E-state index in [0.29, 0.717) is 12.8 Å². The van der Waals surface area contributed by atoms with Crippen molar-refractivity contribution in [2.24, 2.45) is 5.73 Å². The van der Waals surface area contributed by atoms with Crippen molar-refractivity contribution in [3.8, 4) is 17.8 Å². The van der Waals surface area contributed by atoms with E-state index in [1.165, 1.54) is 20.3 Å². The summed E-state index contributed by atoms with van der Waals surface area (Å²) in [5, 5.41) is 0. The molecular weight excluding hydrogens is 281 g/mol. The van der Waals surface area contributed by atoms with Gasteiger partial charge in [-0.2, -0.15) is 9.97 Å². The average Bonchev–Trinajstić information content (AvgIpc) is 2.49. The normalized spacial score (nSPS) is 25.2. The van der Waals surface area contributed by atoms with Crippen molar-refractivity contribution in [1.29, 1.82) is 0 Å². The zero-order chi connectivity index (χ0) is 15.5. The Morgan fingerprint density at radius 1 is 1.33 bits per heavy atom. The molecule has 1 amide bonds. The van der Waals surface area contributed by atoms with E-state index in [9.17, 15) is 9.18 Å². The van der Waals surface area contributed by atoms with Gasteiger partial charge in [-0.1, -0.05) is 0 Å². The second-order valence-corrected chi connectivity index (χ2v) is 4.81. The maximum Gasteiger partial charge on any atom is 0.323 e. The smallest absolute Gasteiger partial charge is 0.323 e. The second kappa shape index (κ2) is 6.11. The number of hydrogen-bond acceptors (Lipinski definition) is 6. The Morgan fingerprint density at radius 2 is 1.95 bits per heavy atom. The molecule has 0 radical (unpaired) electrons. The Morgan fingerprint density at radius 3 is 2.48 bits per heavy atom. The minimum Gasteiger partial charge on any atom is -0.481 e. The summed E-state index contributed by atoms with van der Waals surface area (Å²) >= 11 is 0. The lowest BCUT2D eigenvalue weighted by atomic mass is 9.83. The summed E-state index contributed by atoms with van der Waals surface area (Å²) in [4.78, 5) is 19.3. The molecule has 1 aromatic heterocycles. The highest BCUT2D eigenvalue weighted by Crippen LogP contribution is 2.34. The summed E-state index contributed by atoms with van der Waals surface area (Å²) < 4.78 is 30.1. The van der Waals surface area contributed by atoms with Gasteiger partial charge in [0, 0.05) is 0 Å². The Balaban J connectivity index is 2.25. The number of primary amides is 1. The van der Waals surface area contributed by atoms with Crippen LogP contribution in [0.25, 0.3) is 0 Å². The van der Waals surface area contributed by atoms with Crippen LogP contribution < -0.4 is 19.9 Å². The van der Waals surface area contributed by atoms with Crippen molar-refractivity contribution in [3.05, 3.63) is 6.07 Å². The number of alkyl halides is 1. The molecule has 1 saturated carbocycles. The standard InChI is InChI=1S/C13H18FN3O4/c1-19-9-7-10(20-2)17-12(16-9)21-8-5-3-4-6-13(8,14)11(15)18/h7-8H,3-6H2,1-2H3,(H2,15,18). The van der Waals surface area contributed by atoms with Gasteiger partial charge >= 0.3 is 6.01 Å². The quantitative estimate of drug-likeness (QED) is 0.871. The maximum absolute atomic E-state index is 14.7. The van der Waals surface area contributed by atoms with Gasteiger partial charge in [-0.05, 0) is 25.7 Å². The minimum atomic E-state index is -2.21. The molecule has 21 heavy (non-hydrogen) atoms. The highest BCUT2D eigenvalue weighted by Gasteiger charge is 2.48. The Bertz CT molecular complexity index is 506. The summed E-state index contributed by atoms with van der Waals surface area (Å²) in [6.07, 6.45) is 0.712. The highest BCUT2D eigenvalue weighted by molar-refractivity contribution is 5.84. The van der Waals surface area contributed by atoms with Crippen LogP contribution >= 0.6 is 0 Å². The number of carbonyl (C=O) groups excluding carboxylic acids is 1. The molecule has 1 aliphatic rings. The van der Waals surface area contributed by atoms with Gasteiger partial charge in [-0.25, -0.2) is 4.39 Å². The number of aromatic nitrogens is 2. The Hall–Kier alpha value is -2.12. The first kappa shape index (κ1) is 15.3. The average molecular weight is 299 g/mol. The third-order valence-corrected chi connectivity index (χ3v) is 3.50. The third kappa shape index (κ3) is 3.14. The number of hydrogen-bond donors (Lipinski definition) is 1. The number of ether oxygens (including phenoxy) is 3.